The molecule has 0 aliphatic carbocycles. The predicted molar refractivity (Wildman–Crippen MR) is 141 cm³/mol. The Morgan fingerprint density at radius 2 is 1.50 bits per heavy atom. The van der Waals surface area contributed by atoms with Crippen molar-refractivity contribution in [3.8, 4) is 5.75 Å². The number of ether oxygens (including phenoxy) is 1. The summed E-state index contributed by atoms with van der Waals surface area (Å²) in [7, 11) is -3.58. The number of halogens is 1. The van der Waals surface area contributed by atoms with E-state index in [0.717, 1.165) is 19.3 Å². The van der Waals surface area contributed by atoms with Gasteiger partial charge in [-0.05, 0) is 42.1 Å². The molecule has 0 radical (unpaired) electrons. The van der Waals surface area contributed by atoms with E-state index in [1.807, 2.05) is 6.07 Å². The van der Waals surface area contributed by atoms with E-state index in [0.29, 0.717) is 23.4 Å². The van der Waals surface area contributed by atoms with Crippen LogP contribution in [-0.2, 0) is 20.6 Å². The zero-order valence-corrected chi connectivity index (χ0v) is 21.8. The average Bonchev–Trinajstić information content (AvgIpc) is 2.79. The van der Waals surface area contributed by atoms with Gasteiger partial charge in [-0.15, -0.1) is 0 Å². The summed E-state index contributed by atoms with van der Waals surface area (Å²) in [5, 5.41) is -0.536. The second kappa shape index (κ2) is 15.8. The number of benzene rings is 2. The molecular formula is C27H38ClNO4S. The van der Waals surface area contributed by atoms with Crippen LogP contribution >= 0.6 is 11.6 Å². The Morgan fingerprint density at radius 1 is 0.882 bits per heavy atom. The van der Waals surface area contributed by atoms with Crippen molar-refractivity contribution in [2.24, 2.45) is 0 Å². The fourth-order valence-corrected chi connectivity index (χ4v) is 5.19. The number of unbranched alkanes of at least 4 members (excludes halogenated alkanes) is 9. The molecule has 2 aromatic rings. The van der Waals surface area contributed by atoms with Crippen LogP contribution in [0.5, 0.6) is 5.75 Å². The molecule has 0 saturated heterocycles. The number of nitrogens with one attached hydrogen (secondary N) is 1. The van der Waals surface area contributed by atoms with Gasteiger partial charge in [-0.2, -0.15) is 0 Å². The van der Waals surface area contributed by atoms with Crippen LogP contribution in [0.3, 0.4) is 0 Å². The molecule has 188 valence electrons. The van der Waals surface area contributed by atoms with Crippen molar-refractivity contribution in [3.05, 3.63) is 60.2 Å². The number of hydrogen-bond acceptors (Lipinski definition) is 4. The smallest absolute Gasteiger partial charge is 0.262 e. The monoisotopic (exact) mass is 507 g/mol. The zero-order valence-electron chi connectivity index (χ0n) is 20.2. The molecule has 0 amide bonds. The van der Waals surface area contributed by atoms with E-state index in [-0.39, 0.29) is 5.75 Å². The molecule has 0 heterocycles. The van der Waals surface area contributed by atoms with Crippen LogP contribution in [-0.4, -0.2) is 19.8 Å². The van der Waals surface area contributed by atoms with E-state index in [4.69, 9.17) is 16.3 Å². The van der Waals surface area contributed by atoms with Gasteiger partial charge in [0.2, 0.25) is 10.0 Å². The van der Waals surface area contributed by atoms with Crippen molar-refractivity contribution in [3.63, 3.8) is 0 Å². The molecule has 0 saturated carbocycles. The van der Waals surface area contributed by atoms with E-state index in [2.05, 4.69) is 11.6 Å². The SMILES string of the molecule is CCCCCCCCCCCCC(Oc1cccc(NS(=O)(=O)Cc2ccccc2)c1)C(=O)Cl. The van der Waals surface area contributed by atoms with Crippen molar-refractivity contribution in [2.75, 3.05) is 4.72 Å². The van der Waals surface area contributed by atoms with E-state index in [1.165, 1.54) is 44.9 Å². The summed E-state index contributed by atoms with van der Waals surface area (Å²) >= 11 is 5.78. The second-order valence-electron chi connectivity index (χ2n) is 8.76. The third-order valence-electron chi connectivity index (χ3n) is 5.66. The minimum atomic E-state index is -3.58. The lowest BCUT2D eigenvalue weighted by molar-refractivity contribution is -0.118. The van der Waals surface area contributed by atoms with Gasteiger partial charge in [-0.25, -0.2) is 8.42 Å². The first kappa shape index (κ1) is 28.2. The summed E-state index contributed by atoms with van der Waals surface area (Å²) in [6.07, 6.45) is 11.9. The van der Waals surface area contributed by atoms with Crippen molar-refractivity contribution in [1.29, 1.82) is 0 Å². The highest BCUT2D eigenvalue weighted by molar-refractivity contribution is 7.91. The fraction of sp³-hybridized carbons (Fsp3) is 0.519. The fourth-order valence-electron chi connectivity index (χ4n) is 3.84. The van der Waals surface area contributed by atoms with Crippen LogP contribution in [0.15, 0.2) is 54.6 Å². The maximum Gasteiger partial charge on any atom is 0.262 e. The Morgan fingerprint density at radius 3 is 2.12 bits per heavy atom. The maximum absolute atomic E-state index is 12.5. The Hall–Kier alpha value is -2.05. The van der Waals surface area contributed by atoms with Crippen molar-refractivity contribution >= 4 is 32.6 Å². The van der Waals surface area contributed by atoms with Crippen LogP contribution in [0.2, 0.25) is 0 Å². The van der Waals surface area contributed by atoms with Gasteiger partial charge in [0.05, 0.1) is 11.4 Å². The lowest BCUT2D eigenvalue weighted by Crippen LogP contribution is -2.23. The molecule has 7 heteroatoms. The van der Waals surface area contributed by atoms with Gasteiger partial charge >= 0.3 is 0 Å². The summed E-state index contributed by atoms with van der Waals surface area (Å²) in [5.41, 5.74) is 1.08. The summed E-state index contributed by atoms with van der Waals surface area (Å²) in [6, 6.07) is 15.6. The van der Waals surface area contributed by atoms with Crippen LogP contribution < -0.4 is 9.46 Å². The van der Waals surface area contributed by atoms with Crippen LogP contribution in [0.1, 0.15) is 83.1 Å². The highest BCUT2D eigenvalue weighted by Crippen LogP contribution is 2.23. The largest absolute Gasteiger partial charge is 0.481 e. The number of rotatable bonds is 18. The van der Waals surface area contributed by atoms with Crippen LogP contribution in [0.25, 0.3) is 0 Å². The van der Waals surface area contributed by atoms with E-state index in [9.17, 15) is 13.2 Å². The highest BCUT2D eigenvalue weighted by Gasteiger charge is 2.19. The minimum absolute atomic E-state index is 0.125. The number of hydrogen-bond donors (Lipinski definition) is 1. The summed E-state index contributed by atoms with van der Waals surface area (Å²) in [4.78, 5) is 11.9. The topological polar surface area (TPSA) is 72.5 Å². The molecule has 1 unspecified atom stereocenters. The zero-order chi connectivity index (χ0) is 24.7. The summed E-state index contributed by atoms with van der Waals surface area (Å²) < 4.78 is 33.4. The number of anilines is 1. The molecule has 0 aliphatic rings. The Kier molecular flexibility index (Phi) is 13.1. The number of carbonyl (C=O) groups is 1. The molecule has 0 aromatic heterocycles. The molecule has 0 fully saturated rings. The normalized spacial score (nSPS) is 12.3. The number of sulfonamides is 1. The van der Waals surface area contributed by atoms with E-state index < -0.39 is 21.4 Å². The van der Waals surface area contributed by atoms with E-state index >= 15 is 0 Å². The lowest BCUT2D eigenvalue weighted by atomic mass is 10.0. The molecule has 5 nitrogen and oxygen atoms in total. The van der Waals surface area contributed by atoms with Gasteiger partial charge in [-0.3, -0.25) is 9.52 Å². The molecular weight excluding hydrogens is 470 g/mol. The molecule has 1 N–H and O–H groups in total. The van der Waals surface area contributed by atoms with Crippen LogP contribution in [0.4, 0.5) is 5.69 Å². The van der Waals surface area contributed by atoms with Gasteiger partial charge < -0.3 is 4.74 Å². The third kappa shape index (κ3) is 11.9. The van der Waals surface area contributed by atoms with Crippen LogP contribution in [0, 0.1) is 0 Å². The van der Waals surface area contributed by atoms with Gasteiger partial charge in [0.1, 0.15) is 5.75 Å². The number of carbonyl (C=O) groups excluding carboxylic acids is 1. The molecule has 0 spiro atoms. The van der Waals surface area contributed by atoms with Gasteiger partial charge in [0.25, 0.3) is 5.24 Å². The average molecular weight is 508 g/mol. The Bertz CT molecular complexity index is 950. The quantitative estimate of drug-likeness (QED) is 0.168. The first-order chi connectivity index (χ1) is 16.4. The highest BCUT2D eigenvalue weighted by atomic mass is 35.5. The lowest BCUT2D eigenvalue weighted by Gasteiger charge is -2.16. The van der Waals surface area contributed by atoms with Gasteiger partial charge in [0.15, 0.2) is 6.10 Å². The third-order valence-corrected chi connectivity index (χ3v) is 7.16. The molecule has 0 aliphatic heterocycles. The Labute approximate surface area is 210 Å². The maximum atomic E-state index is 12.5. The minimum Gasteiger partial charge on any atom is -0.481 e. The molecule has 0 bridgehead atoms. The van der Waals surface area contributed by atoms with Gasteiger partial charge in [0, 0.05) is 6.07 Å². The first-order valence-corrected chi connectivity index (χ1v) is 14.4. The summed E-state index contributed by atoms with van der Waals surface area (Å²) in [6.45, 7) is 2.23. The standard InChI is InChI=1S/C27H38ClNO4S/c1-2-3-4-5-6-7-8-9-10-14-20-26(27(28)30)33-25-19-15-18-24(21-25)29-34(31,32)22-23-16-12-11-13-17-23/h11-13,15-19,21,26,29H,2-10,14,20,22H2,1H3. The molecule has 2 aromatic carbocycles. The summed E-state index contributed by atoms with van der Waals surface area (Å²) in [5.74, 6) is 0.284. The van der Waals surface area contributed by atoms with Crippen molar-refractivity contribution in [2.45, 2.75) is 89.4 Å². The molecule has 34 heavy (non-hydrogen) atoms. The van der Waals surface area contributed by atoms with Crippen molar-refractivity contribution < 1.29 is 17.9 Å². The Balaban J connectivity index is 1.77. The van der Waals surface area contributed by atoms with Crippen molar-refractivity contribution in [1.82, 2.24) is 0 Å². The first-order valence-electron chi connectivity index (χ1n) is 12.4. The van der Waals surface area contributed by atoms with Gasteiger partial charge in [-0.1, -0.05) is 101 Å². The second-order valence-corrected chi connectivity index (χ2v) is 10.9. The molecule has 1 atom stereocenters. The van der Waals surface area contributed by atoms with E-state index in [1.54, 1.807) is 48.5 Å². The molecule has 2 rings (SSSR count). The predicted octanol–water partition coefficient (Wildman–Crippen LogP) is 7.45.